The third-order valence-electron chi connectivity index (χ3n) is 6.06. The number of nitrogens with zero attached hydrogens (tertiary/aromatic N) is 2. The Morgan fingerprint density at radius 2 is 2.00 bits per heavy atom. The second-order valence-corrected chi connectivity index (χ2v) is 7.97. The fraction of sp³-hybridized carbons (Fsp3) is 0.667. The first-order valence-corrected chi connectivity index (χ1v) is 10.4. The second-order valence-electron chi connectivity index (χ2n) is 7.97. The summed E-state index contributed by atoms with van der Waals surface area (Å²) in [7, 11) is 0. The Morgan fingerprint density at radius 1 is 1.30 bits per heavy atom. The lowest BCUT2D eigenvalue weighted by atomic mass is 9.82. The molecule has 1 aliphatic carbocycles. The molecule has 1 saturated heterocycles. The standard InChI is InChI=1S/C21H28F3N3O3/c1-3-27-11-7-20(8-12-27)17(14(2)19(29)30-20)18(28)26-10-9-25-16-6-4-5-15(13-16)21(22,23)24/h13H,3-12H2,1-2H3,(H,26,28). The predicted molar refractivity (Wildman–Crippen MR) is 106 cm³/mol. The van der Waals surface area contributed by atoms with Gasteiger partial charge in [-0.1, -0.05) is 6.92 Å². The molecule has 0 atom stereocenters. The Hall–Kier alpha value is -2.16. The van der Waals surface area contributed by atoms with Gasteiger partial charge in [0.05, 0.1) is 12.1 Å². The van der Waals surface area contributed by atoms with Gasteiger partial charge in [0.15, 0.2) is 0 Å². The molecule has 0 bridgehead atoms. The number of aliphatic imine (C=N–C) groups is 1. The minimum absolute atomic E-state index is 0.0122. The molecule has 6 nitrogen and oxygen atoms in total. The van der Waals surface area contributed by atoms with Crippen molar-refractivity contribution in [1.82, 2.24) is 10.2 Å². The largest absolute Gasteiger partial charge is 0.450 e. The number of rotatable bonds is 5. The topological polar surface area (TPSA) is 71.0 Å². The first kappa shape index (κ1) is 22.5. The van der Waals surface area contributed by atoms with E-state index in [-0.39, 0.29) is 25.4 Å². The van der Waals surface area contributed by atoms with Gasteiger partial charge in [-0.15, -0.1) is 0 Å². The molecule has 1 amide bonds. The molecule has 3 aliphatic rings. The monoisotopic (exact) mass is 427 g/mol. The van der Waals surface area contributed by atoms with Crippen LogP contribution in [-0.2, 0) is 14.3 Å². The van der Waals surface area contributed by atoms with Crippen LogP contribution in [-0.4, -0.2) is 67.0 Å². The van der Waals surface area contributed by atoms with Gasteiger partial charge < -0.3 is 15.0 Å². The van der Waals surface area contributed by atoms with Crippen molar-refractivity contribution in [2.45, 2.75) is 57.7 Å². The molecule has 1 spiro atoms. The van der Waals surface area contributed by atoms with Crippen molar-refractivity contribution in [3.8, 4) is 0 Å². The van der Waals surface area contributed by atoms with Gasteiger partial charge in [0, 0.05) is 49.3 Å². The number of carbonyl (C=O) groups excluding carboxylic acids is 2. The van der Waals surface area contributed by atoms with Crippen LogP contribution in [0.2, 0.25) is 0 Å². The average molecular weight is 427 g/mol. The Kier molecular flexibility index (Phi) is 6.69. The Morgan fingerprint density at radius 3 is 2.63 bits per heavy atom. The summed E-state index contributed by atoms with van der Waals surface area (Å²) in [5.41, 5.74) is -0.321. The molecule has 0 aromatic rings. The molecule has 2 aliphatic heterocycles. The van der Waals surface area contributed by atoms with E-state index in [0.29, 0.717) is 42.5 Å². The summed E-state index contributed by atoms with van der Waals surface area (Å²) in [5.74, 6) is -0.823. The minimum atomic E-state index is -4.32. The van der Waals surface area contributed by atoms with Gasteiger partial charge in [-0.05, 0) is 38.8 Å². The van der Waals surface area contributed by atoms with Gasteiger partial charge in [0.25, 0.3) is 5.91 Å². The van der Waals surface area contributed by atoms with Gasteiger partial charge in [-0.25, -0.2) is 4.79 Å². The number of allylic oxidation sites excluding steroid dienone is 2. The first-order chi connectivity index (χ1) is 14.2. The van der Waals surface area contributed by atoms with Gasteiger partial charge in [0.2, 0.25) is 0 Å². The van der Waals surface area contributed by atoms with Crippen molar-refractivity contribution in [3.63, 3.8) is 0 Å². The lowest BCUT2D eigenvalue weighted by Crippen LogP contribution is -2.48. The summed E-state index contributed by atoms with van der Waals surface area (Å²) < 4.78 is 44.2. The smallest absolute Gasteiger partial charge is 0.412 e. The molecule has 0 saturated carbocycles. The third kappa shape index (κ3) is 4.77. The lowest BCUT2D eigenvalue weighted by molar-refractivity contribution is -0.150. The van der Waals surface area contributed by atoms with Crippen molar-refractivity contribution < 1.29 is 27.5 Å². The van der Waals surface area contributed by atoms with Gasteiger partial charge in [-0.2, -0.15) is 13.2 Å². The third-order valence-corrected chi connectivity index (χ3v) is 6.06. The van der Waals surface area contributed by atoms with Gasteiger partial charge in [-0.3, -0.25) is 9.79 Å². The van der Waals surface area contributed by atoms with Crippen LogP contribution in [0.5, 0.6) is 0 Å². The Bertz CT molecular complexity index is 791. The summed E-state index contributed by atoms with van der Waals surface area (Å²) in [6.07, 6.45) is -1.15. The molecule has 166 valence electrons. The SMILES string of the molecule is CCN1CCC2(CC1)OC(=O)C(C)=C2C(=O)NCCN=C1C=C(C(F)(F)F)CCC1. The summed E-state index contributed by atoms with van der Waals surface area (Å²) >= 11 is 0. The quantitative estimate of drug-likeness (QED) is 0.541. The van der Waals surface area contributed by atoms with Crippen molar-refractivity contribution in [2.24, 2.45) is 4.99 Å². The maximum Gasteiger partial charge on any atom is 0.412 e. The molecule has 0 aromatic heterocycles. The van der Waals surface area contributed by atoms with Crippen LogP contribution < -0.4 is 5.32 Å². The van der Waals surface area contributed by atoms with Crippen LogP contribution in [0.3, 0.4) is 0 Å². The van der Waals surface area contributed by atoms with E-state index in [1.165, 1.54) is 0 Å². The molecular formula is C21H28F3N3O3. The van der Waals surface area contributed by atoms with E-state index in [2.05, 4.69) is 22.1 Å². The molecule has 3 rings (SSSR count). The van der Waals surface area contributed by atoms with Gasteiger partial charge in [0.1, 0.15) is 5.60 Å². The number of ether oxygens (including phenoxy) is 1. The highest BCUT2D eigenvalue weighted by Gasteiger charge is 2.50. The van der Waals surface area contributed by atoms with E-state index in [4.69, 9.17) is 4.74 Å². The molecule has 0 radical (unpaired) electrons. The molecule has 1 fully saturated rings. The summed E-state index contributed by atoms with van der Waals surface area (Å²) in [6.45, 7) is 6.42. The maximum atomic E-state index is 12.8. The fourth-order valence-electron chi connectivity index (χ4n) is 4.32. The van der Waals surface area contributed by atoms with E-state index < -0.39 is 23.3 Å². The van der Waals surface area contributed by atoms with Crippen LogP contribution >= 0.6 is 0 Å². The van der Waals surface area contributed by atoms with E-state index in [0.717, 1.165) is 25.7 Å². The zero-order valence-corrected chi connectivity index (χ0v) is 17.4. The number of hydrogen-bond acceptors (Lipinski definition) is 5. The highest BCUT2D eigenvalue weighted by molar-refractivity contribution is 6.07. The molecule has 0 unspecified atom stereocenters. The average Bonchev–Trinajstić information content (AvgIpc) is 2.95. The predicted octanol–water partition coefficient (Wildman–Crippen LogP) is 2.94. The highest BCUT2D eigenvalue weighted by Crippen LogP contribution is 2.41. The number of nitrogens with one attached hydrogen (secondary N) is 1. The number of hydrogen-bond donors (Lipinski definition) is 1. The van der Waals surface area contributed by atoms with E-state index in [9.17, 15) is 22.8 Å². The molecular weight excluding hydrogens is 399 g/mol. The Balaban J connectivity index is 1.61. The van der Waals surface area contributed by atoms with Crippen molar-refractivity contribution in [1.29, 1.82) is 0 Å². The molecule has 30 heavy (non-hydrogen) atoms. The lowest BCUT2D eigenvalue weighted by Gasteiger charge is -2.38. The van der Waals surface area contributed by atoms with Crippen LogP contribution in [0.4, 0.5) is 13.2 Å². The molecule has 2 heterocycles. The van der Waals surface area contributed by atoms with E-state index in [1.54, 1.807) is 6.92 Å². The number of likely N-dealkylation sites (tertiary alicyclic amines) is 1. The van der Waals surface area contributed by atoms with Gasteiger partial charge >= 0.3 is 12.1 Å². The zero-order chi connectivity index (χ0) is 21.9. The number of halogens is 3. The maximum absolute atomic E-state index is 12.8. The number of amides is 1. The first-order valence-electron chi connectivity index (χ1n) is 10.4. The number of piperidine rings is 1. The zero-order valence-electron chi connectivity index (χ0n) is 17.4. The summed E-state index contributed by atoms with van der Waals surface area (Å²) in [6, 6.07) is 0. The summed E-state index contributed by atoms with van der Waals surface area (Å²) in [4.78, 5) is 31.5. The van der Waals surface area contributed by atoms with E-state index in [1.807, 2.05) is 0 Å². The van der Waals surface area contributed by atoms with Crippen molar-refractivity contribution >= 4 is 17.6 Å². The second kappa shape index (κ2) is 8.91. The van der Waals surface area contributed by atoms with Crippen molar-refractivity contribution in [3.05, 3.63) is 22.8 Å². The molecule has 9 heteroatoms. The summed E-state index contributed by atoms with van der Waals surface area (Å²) in [5, 5.41) is 2.76. The molecule has 0 aromatic carbocycles. The van der Waals surface area contributed by atoms with Crippen molar-refractivity contribution in [2.75, 3.05) is 32.7 Å². The normalized spacial score (nSPS) is 23.7. The van der Waals surface area contributed by atoms with Crippen LogP contribution in [0.25, 0.3) is 0 Å². The number of esters is 1. The molecule has 1 N–H and O–H groups in total. The Labute approximate surface area is 174 Å². The van der Waals surface area contributed by atoms with E-state index >= 15 is 0 Å². The van der Waals surface area contributed by atoms with Crippen LogP contribution in [0.1, 0.15) is 46.0 Å². The van der Waals surface area contributed by atoms with Crippen LogP contribution in [0.15, 0.2) is 27.8 Å². The minimum Gasteiger partial charge on any atom is -0.450 e. The fourth-order valence-corrected chi connectivity index (χ4v) is 4.32. The van der Waals surface area contributed by atoms with Crippen LogP contribution in [0, 0.1) is 0 Å². The number of alkyl halides is 3. The number of carbonyl (C=O) groups is 2. The highest BCUT2D eigenvalue weighted by atomic mass is 19.4.